The Bertz CT molecular complexity index is 1000. The Hall–Kier alpha value is -2.94. The average Bonchev–Trinajstić information content (AvgIpc) is 3.13. The van der Waals surface area contributed by atoms with E-state index in [0.717, 1.165) is 35.0 Å². The van der Waals surface area contributed by atoms with Crippen LogP contribution in [0.3, 0.4) is 0 Å². The maximum atomic E-state index is 15.3. The number of hydrogen-bond acceptors (Lipinski definition) is 4. The molecular weight excluding hydrogens is 402 g/mol. The molecular formula is C21H21F4N3O2. The van der Waals surface area contributed by atoms with Crippen LogP contribution in [0, 0.1) is 11.6 Å². The third-order valence-electron chi connectivity index (χ3n) is 4.68. The minimum Gasteiger partial charge on any atom is -0.430 e. The fraction of sp³-hybridized carbons (Fsp3) is 0.333. The lowest BCUT2D eigenvalue weighted by Crippen LogP contribution is -2.52. The van der Waals surface area contributed by atoms with E-state index in [9.17, 15) is 13.9 Å². The van der Waals surface area contributed by atoms with Gasteiger partial charge >= 0.3 is 6.11 Å². The van der Waals surface area contributed by atoms with Crippen LogP contribution in [0.1, 0.15) is 31.9 Å². The van der Waals surface area contributed by atoms with Gasteiger partial charge in [0.1, 0.15) is 30.0 Å². The van der Waals surface area contributed by atoms with Crippen LogP contribution in [0.15, 0.2) is 55.1 Å². The summed E-state index contributed by atoms with van der Waals surface area (Å²) in [6.07, 6.45) is -2.15. The molecule has 0 amide bonds. The molecule has 160 valence electrons. The van der Waals surface area contributed by atoms with Crippen LogP contribution in [0.25, 0.3) is 0 Å². The zero-order valence-corrected chi connectivity index (χ0v) is 16.6. The summed E-state index contributed by atoms with van der Waals surface area (Å²) >= 11 is 0. The van der Waals surface area contributed by atoms with Gasteiger partial charge in [-0.15, -0.1) is 0 Å². The zero-order valence-electron chi connectivity index (χ0n) is 16.6. The van der Waals surface area contributed by atoms with Gasteiger partial charge in [-0.3, -0.25) is 0 Å². The van der Waals surface area contributed by atoms with Gasteiger partial charge < -0.3 is 9.84 Å². The third-order valence-corrected chi connectivity index (χ3v) is 4.68. The van der Waals surface area contributed by atoms with Gasteiger partial charge in [-0.1, -0.05) is 32.9 Å². The highest BCUT2D eigenvalue weighted by Crippen LogP contribution is 2.42. The summed E-state index contributed by atoms with van der Waals surface area (Å²) in [5.74, 6) is -2.54. The van der Waals surface area contributed by atoms with Gasteiger partial charge in [0.25, 0.3) is 0 Å². The zero-order chi connectivity index (χ0) is 22.2. The number of hydrogen-bond donors (Lipinski definition) is 1. The molecule has 30 heavy (non-hydrogen) atoms. The van der Waals surface area contributed by atoms with E-state index in [-0.39, 0.29) is 11.2 Å². The summed E-state index contributed by atoms with van der Waals surface area (Å²) < 4.78 is 64.0. The SMILES string of the molecule is CC(C)(C)c1ccc(OC(F)(F)C(O)(Cn2cncn2)c2ccc(F)cc2F)cc1. The maximum absolute atomic E-state index is 15.3. The van der Waals surface area contributed by atoms with Crippen molar-refractivity contribution in [3.05, 3.63) is 77.9 Å². The molecule has 3 aromatic rings. The van der Waals surface area contributed by atoms with Gasteiger partial charge in [0.05, 0.1) is 6.54 Å². The second kappa shape index (κ2) is 7.71. The maximum Gasteiger partial charge on any atom is 0.433 e. The number of nitrogens with zero attached hydrogens (tertiary/aromatic N) is 3. The van der Waals surface area contributed by atoms with E-state index in [1.165, 1.54) is 12.1 Å². The number of aliphatic hydroxyl groups is 1. The lowest BCUT2D eigenvalue weighted by atomic mass is 9.87. The van der Waals surface area contributed by atoms with Gasteiger partial charge in [0.2, 0.25) is 5.60 Å². The van der Waals surface area contributed by atoms with E-state index in [4.69, 9.17) is 4.74 Å². The Morgan fingerprint density at radius 2 is 1.70 bits per heavy atom. The molecule has 0 aliphatic heterocycles. The second-order valence-corrected chi connectivity index (χ2v) is 7.97. The van der Waals surface area contributed by atoms with Crippen LogP contribution in [-0.4, -0.2) is 26.0 Å². The minimum atomic E-state index is -4.30. The molecule has 0 radical (unpaired) electrons. The topological polar surface area (TPSA) is 60.2 Å². The standard InChI is InChI=1S/C21H21F4N3O2/c1-19(2,3)14-4-7-16(8-5-14)30-21(24,25)20(29,11-28-13-26-12-27-28)17-9-6-15(22)10-18(17)23/h4-10,12-13,29H,11H2,1-3H3. The monoisotopic (exact) mass is 423 g/mol. The Labute approximate surface area is 170 Å². The van der Waals surface area contributed by atoms with Crippen molar-refractivity contribution in [1.82, 2.24) is 14.8 Å². The summed E-state index contributed by atoms with van der Waals surface area (Å²) in [5.41, 5.74) is -3.36. The predicted molar refractivity (Wildman–Crippen MR) is 101 cm³/mol. The molecule has 3 rings (SSSR count). The molecule has 0 fully saturated rings. The molecule has 0 aliphatic rings. The minimum absolute atomic E-state index is 0.202. The van der Waals surface area contributed by atoms with E-state index >= 15 is 8.78 Å². The molecule has 2 aromatic carbocycles. The largest absolute Gasteiger partial charge is 0.433 e. The summed E-state index contributed by atoms with van der Waals surface area (Å²) in [4.78, 5) is 3.64. The van der Waals surface area contributed by atoms with Gasteiger partial charge in [-0.2, -0.15) is 13.9 Å². The van der Waals surface area contributed by atoms with E-state index in [2.05, 4.69) is 10.1 Å². The fourth-order valence-corrected chi connectivity index (χ4v) is 2.96. The Balaban J connectivity index is 2.01. The fourth-order valence-electron chi connectivity index (χ4n) is 2.96. The summed E-state index contributed by atoms with van der Waals surface area (Å²) in [6, 6.07) is 7.87. The average molecular weight is 423 g/mol. The van der Waals surface area contributed by atoms with Gasteiger partial charge in [-0.05, 0) is 35.2 Å². The van der Waals surface area contributed by atoms with Gasteiger partial charge in [-0.25, -0.2) is 18.4 Å². The highest BCUT2D eigenvalue weighted by molar-refractivity contribution is 5.33. The Morgan fingerprint density at radius 1 is 1.03 bits per heavy atom. The quantitative estimate of drug-likeness (QED) is 0.597. The molecule has 0 saturated carbocycles. The molecule has 1 N–H and O–H groups in total. The van der Waals surface area contributed by atoms with E-state index in [1.54, 1.807) is 12.1 Å². The van der Waals surface area contributed by atoms with E-state index in [1.807, 2.05) is 20.8 Å². The van der Waals surface area contributed by atoms with Crippen molar-refractivity contribution in [3.8, 4) is 5.75 Å². The first-order valence-corrected chi connectivity index (χ1v) is 9.10. The molecule has 5 nitrogen and oxygen atoms in total. The molecule has 9 heteroatoms. The first-order chi connectivity index (χ1) is 13.9. The van der Waals surface area contributed by atoms with Crippen LogP contribution in [-0.2, 0) is 17.6 Å². The normalized spacial score (nSPS) is 14.4. The van der Waals surface area contributed by atoms with Gasteiger partial charge in [0.15, 0.2) is 0 Å². The molecule has 0 aliphatic carbocycles. The van der Waals surface area contributed by atoms with Crippen LogP contribution >= 0.6 is 0 Å². The molecule has 1 atom stereocenters. The lowest BCUT2D eigenvalue weighted by Gasteiger charge is -2.35. The Kier molecular flexibility index (Phi) is 5.60. The van der Waals surface area contributed by atoms with E-state index < -0.39 is 35.5 Å². The van der Waals surface area contributed by atoms with Gasteiger partial charge in [0, 0.05) is 11.6 Å². The lowest BCUT2D eigenvalue weighted by molar-refractivity contribution is -0.301. The second-order valence-electron chi connectivity index (χ2n) is 7.97. The van der Waals surface area contributed by atoms with Crippen molar-refractivity contribution in [3.63, 3.8) is 0 Å². The molecule has 0 spiro atoms. The van der Waals surface area contributed by atoms with Crippen LogP contribution in [0.4, 0.5) is 17.6 Å². The van der Waals surface area contributed by atoms with Crippen LogP contribution in [0.2, 0.25) is 0 Å². The Morgan fingerprint density at radius 3 is 2.23 bits per heavy atom. The van der Waals surface area contributed by atoms with Crippen molar-refractivity contribution in [1.29, 1.82) is 0 Å². The van der Waals surface area contributed by atoms with Crippen LogP contribution in [0.5, 0.6) is 5.75 Å². The number of alkyl halides is 2. The number of rotatable bonds is 6. The molecule has 1 aromatic heterocycles. The molecule has 1 heterocycles. The third kappa shape index (κ3) is 4.30. The number of benzene rings is 2. The first kappa shape index (κ1) is 21.8. The van der Waals surface area contributed by atoms with Crippen molar-refractivity contribution >= 4 is 0 Å². The smallest absolute Gasteiger partial charge is 0.430 e. The molecule has 0 saturated heterocycles. The molecule has 1 unspecified atom stereocenters. The summed E-state index contributed by atoms with van der Waals surface area (Å²) in [7, 11) is 0. The highest BCUT2D eigenvalue weighted by Gasteiger charge is 2.58. The van der Waals surface area contributed by atoms with Crippen molar-refractivity contribution in [2.75, 3.05) is 0 Å². The molecule has 0 bridgehead atoms. The summed E-state index contributed by atoms with van der Waals surface area (Å²) in [6.45, 7) is 5.01. The predicted octanol–water partition coefficient (Wildman–Crippen LogP) is 4.41. The van der Waals surface area contributed by atoms with Crippen molar-refractivity contribution in [2.24, 2.45) is 0 Å². The number of ether oxygens (including phenoxy) is 1. The van der Waals surface area contributed by atoms with Crippen molar-refractivity contribution < 1.29 is 27.4 Å². The summed E-state index contributed by atoms with van der Waals surface area (Å²) in [5, 5.41) is 14.7. The number of aromatic nitrogens is 3. The van der Waals surface area contributed by atoms with Crippen molar-refractivity contribution in [2.45, 2.75) is 44.4 Å². The number of halogens is 4. The van der Waals surface area contributed by atoms with Crippen LogP contribution < -0.4 is 4.74 Å². The first-order valence-electron chi connectivity index (χ1n) is 9.10. The highest BCUT2D eigenvalue weighted by atomic mass is 19.3. The van der Waals surface area contributed by atoms with E-state index in [0.29, 0.717) is 6.07 Å².